The van der Waals surface area contributed by atoms with Crippen LogP contribution in [0.15, 0.2) is 48.6 Å². The quantitative estimate of drug-likeness (QED) is 0.418. The Morgan fingerprint density at radius 3 is 2.13 bits per heavy atom. The molecule has 2 aromatic rings. The topological polar surface area (TPSA) is 9.23 Å². The van der Waals surface area contributed by atoms with Crippen LogP contribution in [0.4, 0.5) is 22.0 Å². The largest absolute Gasteiger partial charge is 0.489 e. The number of allylic oxidation sites excluding steroid dienone is 1. The third-order valence-corrected chi connectivity index (χ3v) is 5.57. The SMILES string of the molecule is CC1CCC(c2ccc(/C=C\COc3cc(F)c(/C=C/C(F)(F)F)c(F)c3)cc2)CC1. The van der Waals surface area contributed by atoms with Crippen molar-refractivity contribution in [3.8, 4) is 5.75 Å². The summed E-state index contributed by atoms with van der Waals surface area (Å²) >= 11 is 0. The smallest absolute Gasteiger partial charge is 0.409 e. The molecule has 1 saturated carbocycles. The monoisotopic (exact) mass is 436 g/mol. The van der Waals surface area contributed by atoms with Gasteiger partial charge in [0.05, 0.1) is 0 Å². The molecule has 2 aromatic carbocycles. The fourth-order valence-corrected chi connectivity index (χ4v) is 3.78. The van der Waals surface area contributed by atoms with Gasteiger partial charge in [0.15, 0.2) is 0 Å². The Morgan fingerprint density at radius 2 is 1.55 bits per heavy atom. The molecule has 6 heteroatoms. The van der Waals surface area contributed by atoms with Gasteiger partial charge in [0, 0.05) is 23.8 Å². The van der Waals surface area contributed by atoms with Gasteiger partial charge in [-0.05, 0) is 48.0 Å². The van der Waals surface area contributed by atoms with Crippen LogP contribution in [0.1, 0.15) is 55.2 Å². The van der Waals surface area contributed by atoms with Crippen LogP contribution in [0.3, 0.4) is 0 Å². The van der Waals surface area contributed by atoms with Gasteiger partial charge in [0.1, 0.15) is 24.0 Å². The van der Waals surface area contributed by atoms with E-state index in [2.05, 4.69) is 19.1 Å². The Bertz CT molecular complexity index is 897. The number of ether oxygens (including phenoxy) is 1. The molecule has 1 nitrogen and oxygen atoms in total. The average Bonchev–Trinajstić information content (AvgIpc) is 2.71. The normalized spacial score (nSPS) is 19.9. The number of alkyl halides is 3. The third kappa shape index (κ3) is 6.94. The van der Waals surface area contributed by atoms with Crippen molar-refractivity contribution in [3.63, 3.8) is 0 Å². The molecule has 1 aliphatic rings. The molecule has 166 valence electrons. The van der Waals surface area contributed by atoms with Crippen molar-refractivity contribution in [1.29, 1.82) is 0 Å². The maximum atomic E-state index is 13.9. The van der Waals surface area contributed by atoms with E-state index in [0.29, 0.717) is 12.0 Å². The molecule has 0 aliphatic heterocycles. The number of benzene rings is 2. The summed E-state index contributed by atoms with van der Waals surface area (Å²) in [5.74, 6) is -0.894. The lowest BCUT2D eigenvalue weighted by Gasteiger charge is -2.26. The van der Waals surface area contributed by atoms with Gasteiger partial charge in [-0.15, -0.1) is 0 Å². The molecule has 0 saturated heterocycles. The molecule has 1 aliphatic carbocycles. The van der Waals surface area contributed by atoms with E-state index in [-0.39, 0.29) is 18.4 Å². The van der Waals surface area contributed by atoms with Crippen LogP contribution in [0.2, 0.25) is 0 Å². The van der Waals surface area contributed by atoms with Crippen molar-refractivity contribution in [1.82, 2.24) is 0 Å². The molecular weight excluding hydrogens is 411 g/mol. The highest BCUT2D eigenvalue weighted by Crippen LogP contribution is 2.35. The van der Waals surface area contributed by atoms with Crippen LogP contribution in [-0.2, 0) is 0 Å². The minimum absolute atomic E-state index is 0.0683. The van der Waals surface area contributed by atoms with E-state index in [1.165, 1.54) is 31.2 Å². The van der Waals surface area contributed by atoms with Crippen molar-refractivity contribution >= 4 is 12.2 Å². The van der Waals surface area contributed by atoms with Crippen LogP contribution in [0, 0.1) is 17.6 Å². The van der Waals surface area contributed by atoms with Crippen molar-refractivity contribution in [2.45, 2.75) is 44.7 Å². The fourth-order valence-electron chi connectivity index (χ4n) is 3.78. The van der Waals surface area contributed by atoms with Crippen LogP contribution in [0.5, 0.6) is 5.75 Å². The van der Waals surface area contributed by atoms with Crippen LogP contribution in [0.25, 0.3) is 12.2 Å². The zero-order valence-corrected chi connectivity index (χ0v) is 17.3. The van der Waals surface area contributed by atoms with Gasteiger partial charge in [0.2, 0.25) is 0 Å². The molecule has 0 amide bonds. The predicted octanol–water partition coefficient (Wildman–Crippen LogP) is 7.93. The Kier molecular flexibility index (Phi) is 7.52. The molecule has 3 rings (SSSR count). The van der Waals surface area contributed by atoms with Crippen molar-refractivity contribution in [2.75, 3.05) is 6.61 Å². The second-order valence-corrected chi connectivity index (χ2v) is 8.01. The highest BCUT2D eigenvalue weighted by molar-refractivity contribution is 5.53. The number of hydrogen-bond donors (Lipinski definition) is 0. The molecule has 0 N–H and O–H groups in total. The Morgan fingerprint density at radius 1 is 0.935 bits per heavy atom. The maximum Gasteiger partial charge on any atom is 0.409 e. The Hall–Kier alpha value is -2.63. The molecule has 31 heavy (non-hydrogen) atoms. The third-order valence-electron chi connectivity index (χ3n) is 5.57. The molecule has 0 atom stereocenters. The summed E-state index contributed by atoms with van der Waals surface area (Å²) in [5.41, 5.74) is 1.58. The van der Waals surface area contributed by atoms with Crippen molar-refractivity contribution in [3.05, 3.63) is 76.9 Å². The van der Waals surface area contributed by atoms with Gasteiger partial charge < -0.3 is 4.74 Å². The zero-order valence-electron chi connectivity index (χ0n) is 17.3. The summed E-state index contributed by atoms with van der Waals surface area (Å²) in [6.45, 7) is 2.37. The molecule has 1 fully saturated rings. The summed E-state index contributed by atoms with van der Waals surface area (Å²) in [5, 5.41) is 0. The first-order valence-electron chi connectivity index (χ1n) is 10.4. The van der Waals surface area contributed by atoms with E-state index in [0.717, 1.165) is 23.6 Å². The summed E-state index contributed by atoms with van der Waals surface area (Å²) in [4.78, 5) is 0. The summed E-state index contributed by atoms with van der Waals surface area (Å²) in [6, 6.07) is 10.1. The minimum atomic E-state index is -4.65. The van der Waals surface area contributed by atoms with E-state index < -0.39 is 23.4 Å². The lowest BCUT2D eigenvalue weighted by atomic mass is 9.79. The molecule has 0 spiro atoms. The number of halogens is 5. The Balaban J connectivity index is 1.54. The van der Waals surface area contributed by atoms with Gasteiger partial charge in [-0.1, -0.05) is 50.1 Å². The maximum absolute atomic E-state index is 13.9. The molecule has 0 aromatic heterocycles. The van der Waals surface area contributed by atoms with Gasteiger partial charge in [0.25, 0.3) is 0 Å². The summed E-state index contributed by atoms with van der Waals surface area (Å²) in [7, 11) is 0. The first-order valence-corrected chi connectivity index (χ1v) is 10.4. The predicted molar refractivity (Wildman–Crippen MR) is 113 cm³/mol. The van der Waals surface area contributed by atoms with Crippen LogP contribution >= 0.6 is 0 Å². The molecule has 0 unspecified atom stereocenters. The van der Waals surface area contributed by atoms with Gasteiger partial charge in [-0.3, -0.25) is 0 Å². The van der Waals surface area contributed by atoms with E-state index >= 15 is 0 Å². The lowest BCUT2D eigenvalue weighted by Crippen LogP contribution is -2.10. The van der Waals surface area contributed by atoms with E-state index in [1.54, 1.807) is 6.08 Å². The van der Waals surface area contributed by atoms with Gasteiger partial charge in [-0.2, -0.15) is 13.2 Å². The minimum Gasteiger partial charge on any atom is -0.489 e. The van der Waals surface area contributed by atoms with Gasteiger partial charge in [-0.25, -0.2) is 8.78 Å². The van der Waals surface area contributed by atoms with E-state index in [4.69, 9.17) is 4.74 Å². The number of hydrogen-bond acceptors (Lipinski definition) is 1. The van der Waals surface area contributed by atoms with Crippen molar-refractivity contribution < 1.29 is 26.7 Å². The Labute approximate surface area is 179 Å². The van der Waals surface area contributed by atoms with Gasteiger partial charge >= 0.3 is 6.18 Å². The summed E-state index contributed by atoms with van der Waals surface area (Å²) < 4.78 is 69.7. The van der Waals surface area contributed by atoms with Crippen molar-refractivity contribution in [2.24, 2.45) is 5.92 Å². The molecule has 0 radical (unpaired) electrons. The van der Waals surface area contributed by atoms with E-state index in [1.807, 2.05) is 18.2 Å². The second-order valence-electron chi connectivity index (χ2n) is 8.01. The molecule has 0 bridgehead atoms. The highest BCUT2D eigenvalue weighted by atomic mass is 19.4. The fraction of sp³-hybridized carbons (Fsp3) is 0.360. The van der Waals surface area contributed by atoms with E-state index in [9.17, 15) is 22.0 Å². The zero-order chi connectivity index (χ0) is 22.4. The number of rotatable bonds is 6. The molecule has 0 heterocycles. The van der Waals surface area contributed by atoms with Crippen LogP contribution < -0.4 is 4.74 Å². The lowest BCUT2D eigenvalue weighted by molar-refractivity contribution is -0.0790. The van der Waals surface area contributed by atoms with Crippen LogP contribution in [-0.4, -0.2) is 12.8 Å². The standard InChI is InChI=1S/C25H25F5O/c1-17-4-8-19(9-5-17)20-10-6-18(7-11-20)3-2-14-31-21-15-23(26)22(24(27)16-21)12-13-25(28,29)30/h2-3,6-7,10-13,15-17,19H,4-5,8-9,14H2,1H3/b3-2-,13-12+. The average molecular weight is 436 g/mol. The molecular formula is C25H25F5O. The first-order chi connectivity index (χ1) is 14.7. The second kappa shape index (κ2) is 10.1. The summed E-state index contributed by atoms with van der Waals surface area (Å²) in [6.07, 6.45) is 4.05. The first kappa shape index (κ1) is 23.0. The highest BCUT2D eigenvalue weighted by Gasteiger charge is 2.23.